The third-order valence-electron chi connectivity index (χ3n) is 6.54. The lowest BCUT2D eigenvalue weighted by molar-refractivity contribution is -0.118. The number of ether oxygens (including phenoxy) is 2. The molecule has 2 N–H and O–H groups in total. The fourth-order valence-corrected chi connectivity index (χ4v) is 4.34. The third-order valence-corrected chi connectivity index (χ3v) is 6.54. The Kier molecular flexibility index (Phi) is 9.90. The largest absolute Gasteiger partial charge is 0.493 e. The Morgan fingerprint density at radius 1 is 1.05 bits per heavy atom. The van der Waals surface area contributed by atoms with E-state index in [1.165, 1.54) is 6.33 Å². The Morgan fingerprint density at radius 2 is 1.92 bits per heavy atom. The van der Waals surface area contributed by atoms with Gasteiger partial charge in [-0.25, -0.2) is 15.0 Å². The smallest absolute Gasteiger partial charge is 0.162 e. The lowest BCUT2D eigenvalue weighted by Gasteiger charge is -2.14. The molecule has 0 radical (unpaired) electrons. The van der Waals surface area contributed by atoms with Gasteiger partial charge in [-0.2, -0.15) is 0 Å². The highest BCUT2D eigenvalue weighted by Gasteiger charge is 2.13. The number of aryl methyl sites for hydroxylation is 1. The molecule has 2 heterocycles. The molecule has 0 aliphatic carbocycles. The first-order valence-electron chi connectivity index (χ1n) is 13.4. The Labute approximate surface area is 229 Å². The van der Waals surface area contributed by atoms with Crippen LogP contribution in [0.2, 0.25) is 0 Å². The molecule has 0 saturated heterocycles. The topological polar surface area (TPSA) is 102 Å². The number of carbonyl (C=O) groups excluding carboxylic acids is 1. The number of hydrogen-bond donors (Lipinski definition) is 2. The molecule has 0 amide bonds. The van der Waals surface area contributed by atoms with Gasteiger partial charge in [-0.3, -0.25) is 4.79 Å². The van der Waals surface area contributed by atoms with Gasteiger partial charge >= 0.3 is 0 Å². The van der Waals surface area contributed by atoms with Crippen molar-refractivity contribution in [2.45, 2.75) is 58.3 Å². The molecule has 8 heteroatoms. The Hall–Kier alpha value is -4.38. The van der Waals surface area contributed by atoms with Crippen molar-refractivity contribution in [3.63, 3.8) is 0 Å². The van der Waals surface area contributed by atoms with Crippen LogP contribution in [0.15, 0.2) is 48.9 Å². The van der Waals surface area contributed by atoms with Gasteiger partial charge in [-0.05, 0) is 37.1 Å². The van der Waals surface area contributed by atoms with E-state index in [1.54, 1.807) is 7.11 Å². The maximum absolute atomic E-state index is 11.4. The number of anilines is 2. The number of rotatable bonds is 15. The summed E-state index contributed by atoms with van der Waals surface area (Å²) in [7, 11) is 1.61. The van der Waals surface area contributed by atoms with Crippen LogP contribution < -0.4 is 14.8 Å². The second-order valence-electron chi connectivity index (χ2n) is 9.35. The SMILES string of the molecule is C#Cc1cccc(Nc2ncnc3cc(OC)c(OCCc4cnc(CCCCCCC(=O)CC)[nH]4)cc23)c1. The van der Waals surface area contributed by atoms with Gasteiger partial charge in [-0.1, -0.05) is 31.8 Å². The van der Waals surface area contributed by atoms with Crippen LogP contribution in [0.4, 0.5) is 11.5 Å². The second kappa shape index (κ2) is 14.0. The van der Waals surface area contributed by atoms with E-state index in [0.717, 1.165) is 65.8 Å². The number of unbranched alkanes of at least 4 members (excludes halogenated alkanes) is 3. The van der Waals surface area contributed by atoms with Crippen molar-refractivity contribution in [3.05, 3.63) is 66.0 Å². The Bertz CT molecular complexity index is 1440. The summed E-state index contributed by atoms with van der Waals surface area (Å²) < 4.78 is 11.7. The second-order valence-corrected chi connectivity index (χ2v) is 9.35. The van der Waals surface area contributed by atoms with Gasteiger partial charge in [0.05, 0.1) is 19.2 Å². The highest BCUT2D eigenvalue weighted by atomic mass is 16.5. The van der Waals surface area contributed by atoms with Crippen molar-refractivity contribution in [1.29, 1.82) is 0 Å². The number of ketones is 1. The van der Waals surface area contributed by atoms with Crippen LogP contribution in [-0.4, -0.2) is 39.4 Å². The van der Waals surface area contributed by atoms with Gasteiger partial charge in [0.15, 0.2) is 11.5 Å². The van der Waals surface area contributed by atoms with Crippen molar-refractivity contribution in [1.82, 2.24) is 19.9 Å². The quantitative estimate of drug-likeness (QED) is 0.141. The highest BCUT2D eigenvalue weighted by Crippen LogP contribution is 2.35. The molecular formula is C31H35N5O3. The molecule has 0 spiro atoms. The molecule has 0 atom stereocenters. The minimum Gasteiger partial charge on any atom is -0.493 e. The van der Waals surface area contributed by atoms with Crippen LogP contribution >= 0.6 is 0 Å². The molecule has 0 saturated carbocycles. The molecule has 8 nitrogen and oxygen atoms in total. The first kappa shape index (κ1) is 27.6. The number of nitrogens with zero attached hydrogens (tertiary/aromatic N) is 3. The molecule has 4 rings (SSSR count). The van der Waals surface area contributed by atoms with E-state index in [4.69, 9.17) is 15.9 Å². The number of methoxy groups -OCH3 is 1. The maximum Gasteiger partial charge on any atom is 0.162 e. The molecule has 2 aromatic carbocycles. The summed E-state index contributed by atoms with van der Waals surface area (Å²) in [5.74, 6) is 5.85. The van der Waals surface area contributed by atoms with Crippen molar-refractivity contribution in [2.24, 2.45) is 0 Å². The number of H-pyrrole nitrogens is 1. The van der Waals surface area contributed by atoms with E-state index in [0.29, 0.717) is 49.0 Å². The molecule has 0 aliphatic heterocycles. The fourth-order valence-electron chi connectivity index (χ4n) is 4.34. The van der Waals surface area contributed by atoms with Crippen molar-refractivity contribution in [2.75, 3.05) is 19.0 Å². The van der Waals surface area contributed by atoms with Crippen LogP contribution in [0.5, 0.6) is 11.5 Å². The average molecular weight is 526 g/mol. The number of nitrogens with one attached hydrogen (secondary N) is 2. The molecule has 0 fully saturated rings. The fraction of sp³-hybridized carbons (Fsp3) is 0.355. The zero-order valence-electron chi connectivity index (χ0n) is 22.6. The van der Waals surface area contributed by atoms with Gasteiger partial charge in [-0.15, -0.1) is 6.42 Å². The number of Topliss-reactive ketones (excluding diaryl/α,β-unsaturated/α-hetero) is 1. The minimum atomic E-state index is 0.353. The predicted octanol–water partition coefficient (Wildman–Crippen LogP) is 6.18. The molecule has 39 heavy (non-hydrogen) atoms. The molecule has 4 aromatic rings. The number of aromatic nitrogens is 4. The summed E-state index contributed by atoms with van der Waals surface area (Å²) in [6.07, 6.45) is 16.1. The third kappa shape index (κ3) is 7.81. The Balaban J connectivity index is 1.34. The lowest BCUT2D eigenvalue weighted by atomic mass is 10.1. The first-order valence-corrected chi connectivity index (χ1v) is 13.4. The summed E-state index contributed by atoms with van der Waals surface area (Å²) in [6, 6.07) is 11.4. The number of imidazole rings is 1. The number of carbonyl (C=O) groups is 1. The number of fused-ring (bicyclic) bond motifs is 1. The van der Waals surface area contributed by atoms with E-state index >= 15 is 0 Å². The van der Waals surface area contributed by atoms with Crippen LogP contribution in [0.1, 0.15) is 62.5 Å². The number of hydrogen-bond acceptors (Lipinski definition) is 7. The van der Waals surface area contributed by atoms with E-state index in [9.17, 15) is 4.79 Å². The highest BCUT2D eigenvalue weighted by molar-refractivity contribution is 5.93. The summed E-state index contributed by atoms with van der Waals surface area (Å²) >= 11 is 0. The van der Waals surface area contributed by atoms with E-state index in [-0.39, 0.29) is 0 Å². The zero-order valence-corrected chi connectivity index (χ0v) is 22.6. The summed E-state index contributed by atoms with van der Waals surface area (Å²) in [4.78, 5) is 28.2. The van der Waals surface area contributed by atoms with Crippen molar-refractivity contribution >= 4 is 28.2 Å². The lowest BCUT2D eigenvalue weighted by Crippen LogP contribution is -2.04. The van der Waals surface area contributed by atoms with Crippen LogP contribution in [-0.2, 0) is 17.6 Å². The molecule has 2 aromatic heterocycles. The van der Waals surface area contributed by atoms with Crippen LogP contribution in [0, 0.1) is 12.3 Å². The first-order chi connectivity index (χ1) is 19.1. The monoisotopic (exact) mass is 525 g/mol. The predicted molar refractivity (Wildman–Crippen MR) is 154 cm³/mol. The molecule has 0 unspecified atom stereocenters. The van der Waals surface area contributed by atoms with Gasteiger partial charge < -0.3 is 19.8 Å². The normalized spacial score (nSPS) is 10.8. The summed E-state index contributed by atoms with van der Waals surface area (Å²) in [6.45, 7) is 2.38. The van der Waals surface area contributed by atoms with E-state index in [2.05, 4.69) is 31.2 Å². The van der Waals surface area contributed by atoms with Crippen molar-refractivity contribution in [3.8, 4) is 23.8 Å². The number of benzene rings is 2. The van der Waals surface area contributed by atoms with Crippen LogP contribution in [0.3, 0.4) is 0 Å². The van der Waals surface area contributed by atoms with Gasteiger partial charge in [0.2, 0.25) is 0 Å². The van der Waals surface area contributed by atoms with Gasteiger partial charge in [0.1, 0.15) is 23.8 Å². The standard InChI is InChI=1S/C31H35N5O3/c1-4-22-11-10-12-23(17-22)36-31-26-18-29(28(38-3)19-27(26)33-21-34-31)39-16-15-24-20-32-30(35-24)14-9-7-6-8-13-25(37)5-2/h1,10-12,17-21H,5-9,13-16H2,2-3H3,(H,32,35)(H,33,34,36). The maximum atomic E-state index is 11.4. The van der Waals surface area contributed by atoms with Gasteiger partial charge in [0, 0.05) is 60.3 Å². The number of aromatic amines is 1. The average Bonchev–Trinajstić information content (AvgIpc) is 3.42. The molecule has 202 valence electrons. The molecule has 0 bridgehead atoms. The van der Waals surface area contributed by atoms with Gasteiger partial charge in [0.25, 0.3) is 0 Å². The summed E-state index contributed by atoms with van der Waals surface area (Å²) in [5, 5.41) is 4.14. The molecule has 0 aliphatic rings. The Morgan fingerprint density at radius 3 is 2.74 bits per heavy atom. The van der Waals surface area contributed by atoms with E-state index in [1.807, 2.05) is 49.5 Å². The van der Waals surface area contributed by atoms with Crippen LogP contribution in [0.25, 0.3) is 10.9 Å². The van der Waals surface area contributed by atoms with Crippen molar-refractivity contribution < 1.29 is 14.3 Å². The minimum absolute atomic E-state index is 0.353. The zero-order chi connectivity index (χ0) is 27.5. The summed E-state index contributed by atoms with van der Waals surface area (Å²) in [5.41, 5.74) is 3.38. The number of terminal acetylenes is 1. The molecular weight excluding hydrogens is 490 g/mol. The van der Waals surface area contributed by atoms with E-state index < -0.39 is 0 Å².